The van der Waals surface area contributed by atoms with Gasteiger partial charge in [0.1, 0.15) is 29.4 Å². The molecule has 0 aromatic rings. The molecular formula is C9H15BrO5. The van der Waals surface area contributed by atoms with Crippen LogP contribution >= 0.6 is 15.9 Å². The molecule has 5 atom stereocenters. The smallest absolute Gasteiger partial charge is 0.163 e. The van der Waals surface area contributed by atoms with E-state index in [2.05, 4.69) is 15.9 Å². The van der Waals surface area contributed by atoms with Gasteiger partial charge in [-0.05, 0) is 13.8 Å². The van der Waals surface area contributed by atoms with Gasteiger partial charge in [0.05, 0.1) is 6.61 Å². The van der Waals surface area contributed by atoms with Crippen molar-refractivity contribution in [3.63, 3.8) is 0 Å². The van der Waals surface area contributed by atoms with Crippen molar-refractivity contribution in [1.29, 1.82) is 0 Å². The Balaban J connectivity index is 2.12. The molecule has 0 saturated carbocycles. The molecule has 88 valence electrons. The minimum absolute atomic E-state index is 0.346. The van der Waals surface area contributed by atoms with Crippen LogP contribution in [0.2, 0.25) is 0 Å². The number of aliphatic hydroxyl groups is 2. The lowest BCUT2D eigenvalue weighted by Gasteiger charge is -2.47. The normalized spacial score (nSPS) is 49.8. The van der Waals surface area contributed by atoms with Crippen molar-refractivity contribution in [3.05, 3.63) is 0 Å². The van der Waals surface area contributed by atoms with Crippen LogP contribution in [0.15, 0.2) is 0 Å². The summed E-state index contributed by atoms with van der Waals surface area (Å²) < 4.78 is 16.4. The SMILES string of the molecule is CC1(C)OC[C@H]2O[C@H](Br)[C@H](O)[C@@H](O)[C@@H]2O1. The molecule has 2 N–H and O–H groups in total. The fraction of sp³-hybridized carbons (Fsp3) is 1.00. The number of fused-ring (bicyclic) bond motifs is 1. The number of aliphatic hydroxyl groups excluding tert-OH is 2. The minimum Gasteiger partial charge on any atom is -0.387 e. The largest absolute Gasteiger partial charge is 0.387 e. The van der Waals surface area contributed by atoms with Gasteiger partial charge < -0.3 is 24.4 Å². The van der Waals surface area contributed by atoms with Crippen molar-refractivity contribution < 1.29 is 24.4 Å². The van der Waals surface area contributed by atoms with Crippen molar-refractivity contribution in [2.45, 2.75) is 49.1 Å². The molecule has 2 fully saturated rings. The van der Waals surface area contributed by atoms with Gasteiger partial charge in [0, 0.05) is 0 Å². The maximum absolute atomic E-state index is 9.83. The molecule has 0 radical (unpaired) electrons. The summed E-state index contributed by atoms with van der Waals surface area (Å²) in [6.45, 7) is 3.88. The second-order valence-electron chi connectivity index (χ2n) is 4.30. The first-order valence-electron chi connectivity index (χ1n) is 4.88. The molecule has 0 bridgehead atoms. The quantitative estimate of drug-likeness (QED) is 0.612. The summed E-state index contributed by atoms with van der Waals surface area (Å²) in [5.74, 6) is -0.746. The van der Waals surface area contributed by atoms with Gasteiger partial charge in [0.15, 0.2) is 5.79 Å². The molecule has 0 aromatic heterocycles. The van der Waals surface area contributed by atoms with Gasteiger partial charge in [-0.25, -0.2) is 0 Å². The summed E-state index contributed by atoms with van der Waals surface area (Å²) in [5, 5.41) is 18.9. The van der Waals surface area contributed by atoms with Gasteiger partial charge in [-0.3, -0.25) is 0 Å². The van der Waals surface area contributed by atoms with Gasteiger partial charge in [-0.2, -0.15) is 0 Å². The zero-order chi connectivity index (χ0) is 11.2. The van der Waals surface area contributed by atoms with Crippen LogP contribution in [0.1, 0.15) is 13.8 Å². The number of hydrogen-bond donors (Lipinski definition) is 2. The Morgan fingerprint density at radius 2 is 1.93 bits per heavy atom. The lowest BCUT2D eigenvalue weighted by atomic mass is 9.99. The molecule has 2 rings (SSSR count). The van der Waals surface area contributed by atoms with E-state index in [0.717, 1.165) is 0 Å². The summed E-state index contributed by atoms with van der Waals surface area (Å²) in [4.78, 5) is 0. The fourth-order valence-corrected chi connectivity index (χ4v) is 2.41. The molecule has 0 amide bonds. The van der Waals surface area contributed by atoms with E-state index in [1.165, 1.54) is 0 Å². The van der Waals surface area contributed by atoms with Gasteiger partial charge in [-0.15, -0.1) is 0 Å². The summed E-state index contributed by atoms with van der Waals surface area (Å²) in [7, 11) is 0. The van der Waals surface area contributed by atoms with E-state index < -0.39 is 29.1 Å². The van der Waals surface area contributed by atoms with E-state index in [1.807, 2.05) is 0 Å². The molecule has 15 heavy (non-hydrogen) atoms. The summed E-state index contributed by atoms with van der Waals surface area (Å²) >= 11 is 3.14. The predicted molar refractivity (Wildman–Crippen MR) is 54.5 cm³/mol. The summed E-state index contributed by atoms with van der Waals surface area (Å²) in [5.41, 5.74) is 0. The van der Waals surface area contributed by atoms with Crippen molar-refractivity contribution >= 4 is 15.9 Å². The van der Waals surface area contributed by atoms with E-state index in [-0.39, 0.29) is 6.10 Å². The number of hydrogen-bond acceptors (Lipinski definition) is 5. The van der Waals surface area contributed by atoms with Crippen LogP contribution in [0.3, 0.4) is 0 Å². The third-order valence-corrected chi connectivity index (χ3v) is 3.40. The zero-order valence-electron chi connectivity index (χ0n) is 8.59. The molecule has 0 unspecified atom stereocenters. The fourth-order valence-electron chi connectivity index (χ4n) is 1.82. The lowest BCUT2D eigenvalue weighted by molar-refractivity contribution is -0.349. The number of ether oxygens (including phenoxy) is 3. The predicted octanol–water partition coefficient (Wildman–Crippen LogP) is -0.0205. The topological polar surface area (TPSA) is 68.2 Å². The molecule has 0 aliphatic carbocycles. The number of rotatable bonds is 0. The van der Waals surface area contributed by atoms with Crippen molar-refractivity contribution in [3.8, 4) is 0 Å². The third kappa shape index (κ3) is 2.20. The average molecular weight is 283 g/mol. The Morgan fingerprint density at radius 1 is 1.27 bits per heavy atom. The van der Waals surface area contributed by atoms with Gasteiger partial charge >= 0.3 is 0 Å². The molecule has 0 aromatic carbocycles. The minimum atomic E-state index is -0.986. The highest BCUT2D eigenvalue weighted by atomic mass is 79.9. The Bertz CT molecular complexity index is 245. The first-order chi connectivity index (χ1) is 6.91. The van der Waals surface area contributed by atoms with E-state index in [1.54, 1.807) is 13.8 Å². The number of halogens is 1. The van der Waals surface area contributed by atoms with Crippen LogP contribution in [0.25, 0.3) is 0 Å². The molecule has 2 aliphatic rings. The van der Waals surface area contributed by atoms with Crippen LogP contribution in [0, 0.1) is 0 Å². The van der Waals surface area contributed by atoms with E-state index >= 15 is 0 Å². The van der Waals surface area contributed by atoms with Crippen LogP contribution < -0.4 is 0 Å². The molecule has 6 heteroatoms. The van der Waals surface area contributed by atoms with Crippen molar-refractivity contribution in [2.75, 3.05) is 6.61 Å². The zero-order valence-corrected chi connectivity index (χ0v) is 10.2. The van der Waals surface area contributed by atoms with Crippen LogP contribution in [0.5, 0.6) is 0 Å². The van der Waals surface area contributed by atoms with E-state index in [9.17, 15) is 10.2 Å². The van der Waals surface area contributed by atoms with E-state index in [0.29, 0.717) is 6.61 Å². The molecule has 2 heterocycles. The highest BCUT2D eigenvalue weighted by molar-refractivity contribution is 9.09. The maximum Gasteiger partial charge on any atom is 0.163 e. The first kappa shape index (κ1) is 11.8. The summed E-state index contributed by atoms with van der Waals surface area (Å²) in [6.07, 6.45) is -2.84. The van der Waals surface area contributed by atoms with Gasteiger partial charge in [-0.1, -0.05) is 15.9 Å². The Hall–Kier alpha value is 0.280. The maximum atomic E-state index is 9.83. The molecular weight excluding hydrogens is 268 g/mol. The second-order valence-corrected chi connectivity index (χ2v) is 5.20. The highest BCUT2D eigenvalue weighted by Crippen LogP contribution is 2.33. The van der Waals surface area contributed by atoms with Crippen molar-refractivity contribution in [2.24, 2.45) is 0 Å². The lowest BCUT2D eigenvalue weighted by Crippen LogP contribution is -2.63. The van der Waals surface area contributed by atoms with Crippen LogP contribution in [0.4, 0.5) is 0 Å². The Kier molecular flexibility index (Phi) is 3.09. The van der Waals surface area contributed by atoms with Gasteiger partial charge in [0.25, 0.3) is 0 Å². The Morgan fingerprint density at radius 3 is 2.60 bits per heavy atom. The second kappa shape index (κ2) is 3.94. The van der Waals surface area contributed by atoms with Crippen LogP contribution in [-0.2, 0) is 14.2 Å². The third-order valence-electron chi connectivity index (χ3n) is 2.64. The van der Waals surface area contributed by atoms with Gasteiger partial charge in [0.2, 0.25) is 0 Å². The molecule has 2 aliphatic heterocycles. The molecule has 0 spiro atoms. The highest BCUT2D eigenvalue weighted by Gasteiger charge is 2.49. The standard InChI is InChI=1S/C9H15BrO5/c1-9(2)13-3-4-7(15-9)5(11)6(12)8(10)14-4/h4-8,11-12H,3H2,1-2H3/t4-,5-,6-,7-,8+/m1/s1. The number of alkyl halides is 1. The monoisotopic (exact) mass is 282 g/mol. The molecule has 2 saturated heterocycles. The van der Waals surface area contributed by atoms with Crippen LogP contribution in [-0.4, -0.2) is 52.0 Å². The summed E-state index contributed by atoms with van der Waals surface area (Å²) in [6, 6.07) is 0. The first-order valence-corrected chi connectivity index (χ1v) is 5.80. The van der Waals surface area contributed by atoms with E-state index in [4.69, 9.17) is 14.2 Å². The average Bonchev–Trinajstić information content (AvgIpc) is 2.16. The van der Waals surface area contributed by atoms with Crippen molar-refractivity contribution in [1.82, 2.24) is 0 Å². The Labute approximate surface area is 96.4 Å². The molecule has 5 nitrogen and oxygen atoms in total.